The number of nitrogens with zero attached hydrogens (tertiary/aromatic N) is 1. The van der Waals surface area contributed by atoms with E-state index in [1.807, 2.05) is 24.4 Å². The molecule has 1 atom stereocenters. The molecule has 0 bridgehead atoms. The van der Waals surface area contributed by atoms with Crippen LogP contribution in [-0.2, 0) is 16.0 Å². The van der Waals surface area contributed by atoms with Gasteiger partial charge in [-0.25, -0.2) is 0 Å². The van der Waals surface area contributed by atoms with E-state index in [4.69, 9.17) is 14.2 Å². The Bertz CT molecular complexity index is 1100. The zero-order chi connectivity index (χ0) is 23.9. The molecule has 1 aliphatic heterocycles. The number of carbonyl (C=O) groups is 1. The number of morpholine rings is 1. The lowest BCUT2D eigenvalue weighted by Crippen LogP contribution is -2.41. The first kappa shape index (κ1) is 24.1. The molecule has 1 fully saturated rings. The summed E-state index contributed by atoms with van der Waals surface area (Å²) in [6.45, 7) is 6.94. The number of hydrogen-bond donors (Lipinski definition) is 2. The number of amides is 1. The van der Waals surface area contributed by atoms with Gasteiger partial charge in [-0.15, -0.1) is 0 Å². The molecule has 3 aromatic rings. The fraction of sp³-hybridized carbons (Fsp3) is 0.444. The number of nitrogens with one attached hydrogen (secondary N) is 2. The lowest BCUT2D eigenvalue weighted by molar-refractivity contribution is -0.121. The molecule has 34 heavy (non-hydrogen) atoms. The van der Waals surface area contributed by atoms with Gasteiger partial charge in [-0.2, -0.15) is 0 Å². The van der Waals surface area contributed by atoms with Gasteiger partial charge in [-0.1, -0.05) is 37.3 Å². The van der Waals surface area contributed by atoms with Crippen LogP contribution in [0.4, 0.5) is 0 Å². The van der Waals surface area contributed by atoms with Gasteiger partial charge in [0.1, 0.15) is 0 Å². The standard InChI is InChI=1S/C27H35N3O4/c1-4-19-7-5-8-20-23(18-29-26(19)20)22(21-9-6-10-24(32-2)27(21)33-3)17-25(31)28-11-12-30-13-15-34-16-14-30/h5-10,18,22,29H,4,11-17H2,1-3H3,(H,28,31)/t22-/m1/s1. The van der Waals surface area contributed by atoms with Crippen molar-refractivity contribution < 1.29 is 19.0 Å². The average molecular weight is 466 g/mol. The predicted molar refractivity (Wildman–Crippen MR) is 134 cm³/mol. The largest absolute Gasteiger partial charge is 0.493 e. The van der Waals surface area contributed by atoms with Gasteiger partial charge in [-0.05, 0) is 23.6 Å². The van der Waals surface area contributed by atoms with Crippen molar-refractivity contribution in [1.29, 1.82) is 0 Å². The van der Waals surface area contributed by atoms with E-state index in [0.717, 1.165) is 61.3 Å². The first-order valence-electron chi connectivity index (χ1n) is 12.0. The number of rotatable bonds is 10. The Morgan fingerprint density at radius 3 is 2.65 bits per heavy atom. The number of aromatic nitrogens is 1. The number of aryl methyl sites for hydroxylation is 1. The van der Waals surface area contributed by atoms with Crippen molar-refractivity contribution >= 4 is 16.8 Å². The van der Waals surface area contributed by atoms with E-state index in [1.165, 1.54) is 5.56 Å². The van der Waals surface area contributed by atoms with E-state index in [-0.39, 0.29) is 11.8 Å². The lowest BCUT2D eigenvalue weighted by Gasteiger charge is -2.26. The topological polar surface area (TPSA) is 75.8 Å². The first-order chi connectivity index (χ1) is 16.7. The van der Waals surface area contributed by atoms with Crippen LogP contribution < -0.4 is 14.8 Å². The monoisotopic (exact) mass is 465 g/mol. The van der Waals surface area contributed by atoms with Crippen LogP contribution in [-0.4, -0.2) is 69.4 Å². The Morgan fingerprint density at radius 1 is 1.12 bits per heavy atom. The second kappa shape index (κ2) is 11.4. The molecule has 0 spiro atoms. The molecule has 1 aromatic heterocycles. The summed E-state index contributed by atoms with van der Waals surface area (Å²) in [6.07, 6.45) is 3.29. The van der Waals surface area contributed by atoms with Crippen molar-refractivity contribution in [2.45, 2.75) is 25.7 Å². The lowest BCUT2D eigenvalue weighted by atomic mass is 9.86. The van der Waals surface area contributed by atoms with Gasteiger partial charge in [0.2, 0.25) is 5.91 Å². The third kappa shape index (κ3) is 5.21. The molecular formula is C27H35N3O4. The van der Waals surface area contributed by atoms with Gasteiger partial charge in [0.15, 0.2) is 11.5 Å². The van der Waals surface area contributed by atoms with E-state index in [0.29, 0.717) is 24.5 Å². The quantitative estimate of drug-likeness (QED) is 0.477. The van der Waals surface area contributed by atoms with Crippen LogP contribution >= 0.6 is 0 Å². The number of ether oxygens (including phenoxy) is 3. The summed E-state index contributed by atoms with van der Waals surface area (Å²) in [6, 6.07) is 12.2. The number of para-hydroxylation sites is 2. The minimum Gasteiger partial charge on any atom is -0.493 e. The van der Waals surface area contributed by atoms with Crippen LogP contribution in [0.5, 0.6) is 11.5 Å². The molecule has 1 amide bonds. The summed E-state index contributed by atoms with van der Waals surface area (Å²) in [4.78, 5) is 18.9. The van der Waals surface area contributed by atoms with Gasteiger partial charge >= 0.3 is 0 Å². The fourth-order valence-corrected chi connectivity index (χ4v) is 4.83. The highest BCUT2D eigenvalue weighted by Gasteiger charge is 2.26. The van der Waals surface area contributed by atoms with Crippen molar-refractivity contribution in [3.63, 3.8) is 0 Å². The number of fused-ring (bicyclic) bond motifs is 1. The summed E-state index contributed by atoms with van der Waals surface area (Å²) in [5, 5.41) is 4.26. The number of H-pyrrole nitrogens is 1. The molecule has 2 N–H and O–H groups in total. The molecule has 7 nitrogen and oxygen atoms in total. The van der Waals surface area contributed by atoms with Crippen LogP contribution in [0.3, 0.4) is 0 Å². The zero-order valence-electron chi connectivity index (χ0n) is 20.4. The van der Waals surface area contributed by atoms with Gasteiger partial charge in [0.05, 0.1) is 27.4 Å². The summed E-state index contributed by atoms with van der Waals surface area (Å²) in [7, 11) is 3.28. The zero-order valence-corrected chi connectivity index (χ0v) is 20.4. The van der Waals surface area contributed by atoms with E-state index >= 15 is 0 Å². The van der Waals surface area contributed by atoms with E-state index < -0.39 is 0 Å². The molecule has 0 saturated carbocycles. The molecule has 1 aliphatic rings. The van der Waals surface area contributed by atoms with Gasteiger partial charge < -0.3 is 24.5 Å². The third-order valence-electron chi connectivity index (χ3n) is 6.64. The Balaban J connectivity index is 1.62. The highest BCUT2D eigenvalue weighted by molar-refractivity contribution is 5.88. The van der Waals surface area contributed by atoms with E-state index in [1.54, 1.807) is 14.2 Å². The van der Waals surface area contributed by atoms with Gasteiger partial charge in [0.25, 0.3) is 0 Å². The molecular weight excluding hydrogens is 430 g/mol. The minimum atomic E-state index is -0.186. The number of aromatic amines is 1. The molecule has 4 rings (SSSR count). The Morgan fingerprint density at radius 2 is 1.91 bits per heavy atom. The normalized spacial score (nSPS) is 15.3. The predicted octanol–water partition coefficient (Wildman–Crippen LogP) is 3.72. The fourth-order valence-electron chi connectivity index (χ4n) is 4.83. The van der Waals surface area contributed by atoms with Crippen molar-refractivity contribution in [3.8, 4) is 11.5 Å². The summed E-state index contributed by atoms with van der Waals surface area (Å²) >= 11 is 0. The highest BCUT2D eigenvalue weighted by atomic mass is 16.5. The van der Waals surface area contributed by atoms with Crippen LogP contribution in [0.1, 0.15) is 36.0 Å². The van der Waals surface area contributed by atoms with Crippen molar-refractivity contribution in [2.24, 2.45) is 0 Å². The number of carbonyl (C=O) groups excluding carboxylic acids is 1. The second-order valence-electron chi connectivity index (χ2n) is 8.58. The molecule has 7 heteroatoms. The first-order valence-corrected chi connectivity index (χ1v) is 12.0. The van der Waals surface area contributed by atoms with Crippen LogP contribution in [0.15, 0.2) is 42.6 Å². The minimum absolute atomic E-state index is 0.0177. The van der Waals surface area contributed by atoms with Crippen LogP contribution in [0.2, 0.25) is 0 Å². The van der Waals surface area contributed by atoms with Crippen LogP contribution in [0, 0.1) is 0 Å². The third-order valence-corrected chi connectivity index (χ3v) is 6.64. The number of methoxy groups -OCH3 is 2. The Kier molecular flexibility index (Phi) is 8.08. The molecule has 0 unspecified atom stereocenters. The SMILES string of the molecule is CCc1cccc2c([C@H](CC(=O)NCCN3CCOCC3)c3cccc(OC)c3OC)c[nH]c12. The number of hydrogen-bond acceptors (Lipinski definition) is 5. The van der Waals surface area contributed by atoms with Crippen molar-refractivity contribution in [1.82, 2.24) is 15.2 Å². The summed E-state index contributed by atoms with van der Waals surface area (Å²) in [5.41, 5.74) is 4.41. The summed E-state index contributed by atoms with van der Waals surface area (Å²) < 4.78 is 16.7. The Hall–Kier alpha value is -3.03. The number of benzene rings is 2. The van der Waals surface area contributed by atoms with Crippen molar-refractivity contribution in [2.75, 3.05) is 53.6 Å². The van der Waals surface area contributed by atoms with Gasteiger partial charge in [0, 0.05) is 61.2 Å². The van der Waals surface area contributed by atoms with Crippen molar-refractivity contribution in [3.05, 3.63) is 59.3 Å². The molecule has 2 heterocycles. The maximum atomic E-state index is 13.1. The smallest absolute Gasteiger partial charge is 0.220 e. The van der Waals surface area contributed by atoms with E-state index in [2.05, 4.69) is 40.3 Å². The second-order valence-corrected chi connectivity index (χ2v) is 8.58. The maximum Gasteiger partial charge on any atom is 0.220 e. The average Bonchev–Trinajstić information content (AvgIpc) is 3.31. The maximum absolute atomic E-state index is 13.1. The molecule has 0 aliphatic carbocycles. The molecule has 1 saturated heterocycles. The van der Waals surface area contributed by atoms with E-state index in [9.17, 15) is 4.79 Å². The summed E-state index contributed by atoms with van der Waals surface area (Å²) in [5.74, 6) is 1.15. The molecule has 182 valence electrons. The molecule has 0 radical (unpaired) electrons. The van der Waals surface area contributed by atoms with Gasteiger partial charge in [-0.3, -0.25) is 9.69 Å². The van der Waals surface area contributed by atoms with Crippen LogP contribution in [0.25, 0.3) is 10.9 Å². The highest BCUT2D eigenvalue weighted by Crippen LogP contribution is 2.42. The molecule has 2 aromatic carbocycles. The Labute approximate surface area is 201 Å².